The average molecular weight is 172 g/mol. The molecule has 0 saturated carbocycles. The SMILES string of the molecule is COC(=O)C(=CO)CCC(C)=O. The molecule has 0 rings (SSSR count). The summed E-state index contributed by atoms with van der Waals surface area (Å²) in [5, 5.41) is 8.57. The molecule has 0 aromatic heterocycles. The van der Waals surface area contributed by atoms with Gasteiger partial charge in [0.25, 0.3) is 0 Å². The van der Waals surface area contributed by atoms with E-state index in [4.69, 9.17) is 5.11 Å². The van der Waals surface area contributed by atoms with Crippen molar-refractivity contribution in [1.82, 2.24) is 0 Å². The number of carbonyl (C=O) groups is 2. The van der Waals surface area contributed by atoms with Crippen LogP contribution in [0.4, 0.5) is 0 Å². The van der Waals surface area contributed by atoms with Crippen molar-refractivity contribution in [1.29, 1.82) is 0 Å². The van der Waals surface area contributed by atoms with Crippen molar-refractivity contribution in [3.63, 3.8) is 0 Å². The van der Waals surface area contributed by atoms with Crippen molar-refractivity contribution in [2.75, 3.05) is 7.11 Å². The van der Waals surface area contributed by atoms with E-state index >= 15 is 0 Å². The quantitative estimate of drug-likeness (QED) is 0.390. The Bertz CT molecular complexity index is 205. The third-order valence-corrected chi connectivity index (χ3v) is 1.35. The Morgan fingerprint density at radius 3 is 2.33 bits per heavy atom. The molecule has 0 spiro atoms. The normalized spacial score (nSPS) is 11.0. The molecule has 0 saturated heterocycles. The average Bonchev–Trinajstić information content (AvgIpc) is 2.04. The summed E-state index contributed by atoms with van der Waals surface area (Å²) < 4.78 is 4.36. The maximum Gasteiger partial charge on any atom is 0.336 e. The number of ether oxygens (including phenoxy) is 1. The molecule has 0 aromatic rings. The van der Waals surface area contributed by atoms with Crippen LogP contribution in [0.5, 0.6) is 0 Å². The van der Waals surface area contributed by atoms with Gasteiger partial charge in [0.15, 0.2) is 0 Å². The van der Waals surface area contributed by atoms with E-state index in [1.165, 1.54) is 14.0 Å². The first-order chi connectivity index (χ1) is 5.61. The van der Waals surface area contributed by atoms with Crippen molar-refractivity contribution in [2.45, 2.75) is 19.8 Å². The van der Waals surface area contributed by atoms with E-state index in [1.807, 2.05) is 0 Å². The van der Waals surface area contributed by atoms with Crippen LogP contribution in [0.3, 0.4) is 0 Å². The lowest BCUT2D eigenvalue weighted by molar-refractivity contribution is -0.136. The van der Waals surface area contributed by atoms with Crippen molar-refractivity contribution in [2.24, 2.45) is 0 Å². The van der Waals surface area contributed by atoms with Gasteiger partial charge in [-0.3, -0.25) is 0 Å². The minimum Gasteiger partial charge on any atom is -0.515 e. The Balaban J connectivity index is 4.02. The zero-order valence-electron chi connectivity index (χ0n) is 7.16. The van der Waals surface area contributed by atoms with Crippen LogP contribution in [0.2, 0.25) is 0 Å². The van der Waals surface area contributed by atoms with Gasteiger partial charge in [-0.15, -0.1) is 0 Å². The summed E-state index contributed by atoms with van der Waals surface area (Å²) >= 11 is 0. The number of rotatable bonds is 4. The van der Waals surface area contributed by atoms with Gasteiger partial charge in [-0.2, -0.15) is 0 Å². The maximum atomic E-state index is 10.8. The highest BCUT2D eigenvalue weighted by molar-refractivity contribution is 5.89. The molecule has 4 nitrogen and oxygen atoms in total. The molecule has 0 aliphatic rings. The minimum absolute atomic E-state index is 0.0294. The molecule has 12 heavy (non-hydrogen) atoms. The minimum atomic E-state index is -0.598. The lowest BCUT2D eigenvalue weighted by Crippen LogP contribution is -2.06. The fourth-order valence-corrected chi connectivity index (χ4v) is 0.661. The number of methoxy groups -OCH3 is 1. The first-order valence-electron chi connectivity index (χ1n) is 3.52. The van der Waals surface area contributed by atoms with Crippen LogP contribution < -0.4 is 0 Å². The van der Waals surface area contributed by atoms with Crippen molar-refractivity contribution < 1.29 is 19.4 Å². The second-order valence-electron chi connectivity index (χ2n) is 2.35. The number of aliphatic hydroxyl groups excluding tert-OH is 1. The van der Waals surface area contributed by atoms with E-state index in [-0.39, 0.29) is 24.2 Å². The molecule has 0 aromatic carbocycles. The lowest BCUT2D eigenvalue weighted by atomic mass is 10.1. The maximum absolute atomic E-state index is 10.8. The van der Waals surface area contributed by atoms with E-state index in [1.54, 1.807) is 0 Å². The van der Waals surface area contributed by atoms with Crippen molar-refractivity contribution in [3.05, 3.63) is 11.8 Å². The molecule has 1 N–H and O–H groups in total. The number of Topliss-reactive ketones (excluding diaryl/α,β-unsaturated/α-hetero) is 1. The molecule has 0 aliphatic heterocycles. The summed E-state index contributed by atoms with van der Waals surface area (Å²) in [5.74, 6) is -0.628. The summed E-state index contributed by atoms with van der Waals surface area (Å²) in [6.45, 7) is 1.42. The summed E-state index contributed by atoms with van der Waals surface area (Å²) in [5.41, 5.74) is 0.118. The standard InChI is InChI=1S/C8H12O4/c1-6(10)3-4-7(5-9)8(11)12-2/h5,9H,3-4H2,1-2H3. The van der Waals surface area contributed by atoms with E-state index < -0.39 is 5.97 Å². The number of aliphatic hydroxyl groups is 1. The Kier molecular flexibility index (Phi) is 4.76. The Labute approximate surface area is 70.8 Å². The Morgan fingerprint density at radius 2 is 2.00 bits per heavy atom. The smallest absolute Gasteiger partial charge is 0.336 e. The molecule has 4 heteroatoms. The molecule has 0 bridgehead atoms. The number of carbonyl (C=O) groups excluding carboxylic acids is 2. The molecule has 0 amide bonds. The summed E-state index contributed by atoms with van der Waals surface area (Å²) in [6, 6.07) is 0. The summed E-state index contributed by atoms with van der Waals surface area (Å²) in [4.78, 5) is 21.3. The monoisotopic (exact) mass is 172 g/mol. The predicted molar refractivity (Wildman–Crippen MR) is 42.6 cm³/mol. The van der Waals surface area contributed by atoms with E-state index in [9.17, 15) is 9.59 Å². The summed E-state index contributed by atoms with van der Waals surface area (Å²) in [7, 11) is 1.22. The molecule has 0 atom stereocenters. The number of hydrogen-bond acceptors (Lipinski definition) is 4. The number of hydrogen-bond donors (Lipinski definition) is 1. The largest absolute Gasteiger partial charge is 0.515 e. The van der Waals surface area contributed by atoms with Crippen LogP contribution in [0.1, 0.15) is 19.8 Å². The first-order valence-corrected chi connectivity index (χ1v) is 3.52. The lowest BCUT2D eigenvalue weighted by Gasteiger charge is -2.00. The molecule has 0 heterocycles. The molecule has 0 radical (unpaired) electrons. The second kappa shape index (κ2) is 5.35. The zero-order valence-corrected chi connectivity index (χ0v) is 7.16. The van der Waals surface area contributed by atoms with E-state index in [2.05, 4.69) is 4.74 Å². The number of ketones is 1. The van der Waals surface area contributed by atoms with Crippen LogP contribution in [-0.4, -0.2) is 24.0 Å². The topological polar surface area (TPSA) is 63.6 Å². The third kappa shape index (κ3) is 3.75. The van der Waals surface area contributed by atoms with Crippen molar-refractivity contribution >= 4 is 11.8 Å². The van der Waals surface area contributed by atoms with E-state index in [0.717, 1.165) is 0 Å². The van der Waals surface area contributed by atoms with Gasteiger partial charge in [0.2, 0.25) is 0 Å². The third-order valence-electron chi connectivity index (χ3n) is 1.35. The van der Waals surface area contributed by atoms with Crippen molar-refractivity contribution in [3.8, 4) is 0 Å². The predicted octanol–water partition coefficient (Wildman–Crippen LogP) is 0.970. The highest BCUT2D eigenvalue weighted by atomic mass is 16.5. The molecule has 0 aliphatic carbocycles. The Morgan fingerprint density at radius 1 is 1.42 bits per heavy atom. The van der Waals surface area contributed by atoms with Gasteiger partial charge in [0.1, 0.15) is 5.78 Å². The highest BCUT2D eigenvalue weighted by Gasteiger charge is 2.09. The van der Waals surface area contributed by atoms with Gasteiger partial charge in [0.05, 0.1) is 18.9 Å². The van der Waals surface area contributed by atoms with Gasteiger partial charge in [-0.05, 0) is 13.3 Å². The molecule has 0 fully saturated rings. The second-order valence-corrected chi connectivity index (χ2v) is 2.35. The molecular weight excluding hydrogens is 160 g/mol. The van der Waals surface area contributed by atoms with Crippen LogP contribution >= 0.6 is 0 Å². The van der Waals surface area contributed by atoms with Crippen LogP contribution in [0.15, 0.2) is 11.8 Å². The molecule has 0 unspecified atom stereocenters. The fraction of sp³-hybridized carbons (Fsp3) is 0.500. The fourth-order valence-electron chi connectivity index (χ4n) is 0.661. The van der Waals surface area contributed by atoms with Crippen LogP contribution in [0.25, 0.3) is 0 Å². The highest BCUT2D eigenvalue weighted by Crippen LogP contribution is 2.06. The van der Waals surface area contributed by atoms with Gasteiger partial charge >= 0.3 is 5.97 Å². The van der Waals surface area contributed by atoms with Crippen LogP contribution in [-0.2, 0) is 14.3 Å². The first kappa shape index (κ1) is 10.7. The van der Waals surface area contributed by atoms with Gasteiger partial charge in [-0.1, -0.05) is 0 Å². The molecule has 68 valence electrons. The summed E-state index contributed by atoms with van der Waals surface area (Å²) in [6.07, 6.45) is 1.13. The van der Waals surface area contributed by atoms with Gasteiger partial charge < -0.3 is 14.6 Å². The molecular formula is C8H12O4. The Hall–Kier alpha value is -1.32. The zero-order chi connectivity index (χ0) is 9.56. The van der Waals surface area contributed by atoms with Gasteiger partial charge in [0, 0.05) is 6.42 Å². The van der Waals surface area contributed by atoms with Crippen LogP contribution in [0, 0.1) is 0 Å². The number of esters is 1. The van der Waals surface area contributed by atoms with E-state index in [0.29, 0.717) is 6.26 Å². The van der Waals surface area contributed by atoms with Gasteiger partial charge in [-0.25, -0.2) is 4.79 Å².